The monoisotopic (exact) mass is 468 g/mol. The first-order valence-corrected chi connectivity index (χ1v) is 11.5. The molecule has 0 spiro atoms. The molecule has 5 rings (SSSR count). The molecule has 2 N–H and O–H groups in total. The molecule has 0 saturated heterocycles. The minimum Gasteiger partial charge on any atom is -0.343 e. The molecule has 0 saturated carbocycles. The van der Waals surface area contributed by atoms with E-state index in [2.05, 4.69) is 10.6 Å². The van der Waals surface area contributed by atoms with Gasteiger partial charge in [-0.1, -0.05) is 54.6 Å². The Morgan fingerprint density at radius 2 is 1.69 bits per heavy atom. The number of nitrogens with zero attached hydrogens (tertiary/aromatic N) is 2. The molecule has 35 heavy (non-hydrogen) atoms. The fourth-order valence-corrected chi connectivity index (χ4v) is 4.68. The smallest absolute Gasteiger partial charge is 0.249 e. The van der Waals surface area contributed by atoms with Crippen molar-refractivity contribution in [1.29, 1.82) is 0 Å². The number of para-hydroxylation sites is 1. The van der Waals surface area contributed by atoms with Gasteiger partial charge in [0.25, 0.3) is 0 Å². The van der Waals surface area contributed by atoms with Gasteiger partial charge in [0.05, 0.1) is 17.8 Å². The highest BCUT2D eigenvalue weighted by atomic mass is 19.1. The second kappa shape index (κ2) is 9.18. The van der Waals surface area contributed by atoms with Gasteiger partial charge in [0.2, 0.25) is 11.8 Å². The summed E-state index contributed by atoms with van der Waals surface area (Å²) in [5.74, 6) is -0.953. The van der Waals surface area contributed by atoms with E-state index in [0.717, 1.165) is 33.6 Å². The fraction of sp³-hybridized carbons (Fsp3) is 0.179. The van der Waals surface area contributed by atoms with Crippen LogP contribution in [-0.4, -0.2) is 27.6 Å². The Bertz CT molecular complexity index is 1400. The number of amides is 2. The number of carbonyl (C=O) groups excluding carboxylic acids is 2. The van der Waals surface area contributed by atoms with Gasteiger partial charge in [-0.15, -0.1) is 0 Å². The van der Waals surface area contributed by atoms with Gasteiger partial charge in [-0.05, 0) is 54.8 Å². The molecule has 6 nitrogen and oxygen atoms in total. The highest BCUT2D eigenvalue weighted by Crippen LogP contribution is 2.40. The van der Waals surface area contributed by atoms with Crippen molar-refractivity contribution in [3.05, 3.63) is 113 Å². The van der Waals surface area contributed by atoms with Crippen LogP contribution in [0.5, 0.6) is 0 Å². The van der Waals surface area contributed by atoms with Gasteiger partial charge >= 0.3 is 0 Å². The number of carbonyl (C=O) groups is 2. The van der Waals surface area contributed by atoms with Crippen LogP contribution >= 0.6 is 0 Å². The molecule has 176 valence electrons. The molecule has 2 atom stereocenters. The molecule has 3 aromatic carbocycles. The van der Waals surface area contributed by atoms with Crippen LogP contribution in [0.4, 0.5) is 10.2 Å². The molecular weight excluding hydrogens is 443 g/mol. The maximum atomic E-state index is 13.8. The predicted molar refractivity (Wildman–Crippen MR) is 132 cm³/mol. The molecule has 1 aromatic heterocycles. The van der Waals surface area contributed by atoms with Crippen molar-refractivity contribution in [1.82, 2.24) is 15.1 Å². The van der Waals surface area contributed by atoms with Crippen molar-refractivity contribution in [3.8, 4) is 5.69 Å². The lowest BCUT2D eigenvalue weighted by molar-refractivity contribution is -0.126. The number of hydrogen-bond donors (Lipinski definition) is 2. The van der Waals surface area contributed by atoms with Crippen LogP contribution in [0.2, 0.25) is 0 Å². The van der Waals surface area contributed by atoms with Crippen molar-refractivity contribution in [2.24, 2.45) is 0 Å². The molecule has 4 aromatic rings. The number of hydrogen-bond acceptors (Lipinski definition) is 3. The number of fused-ring (bicyclic) bond motifs is 1. The van der Waals surface area contributed by atoms with E-state index in [1.54, 1.807) is 16.8 Å². The maximum Gasteiger partial charge on any atom is 0.249 e. The number of rotatable bonds is 5. The van der Waals surface area contributed by atoms with Crippen molar-refractivity contribution in [2.75, 3.05) is 5.32 Å². The van der Waals surface area contributed by atoms with Gasteiger partial charge in [0, 0.05) is 11.5 Å². The van der Waals surface area contributed by atoms with Gasteiger partial charge in [-0.2, -0.15) is 5.10 Å². The van der Waals surface area contributed by atoms with Crippen molar-refractivity contribution < 1.29 is 14.0 Å². The van der Waals surface area contributed by atoms with E-state index in [0.29, 0.717) is 5.82 Å². The van der Waals surface area contributed by atoms with Crippen LogP contribution in [0, 0.1) is 19.7 Å². The Morgan fingerprint density at radius 3 is 2.40 bits per heavy atom. The Morgan fingerprint density at radius 1 is 1.00 bits per heavy atom. The maximum absolute atomic E-state index is 13.8. The molecule has 1 aliphatic rings. The molecule has 0 aliphatic carbocycles. The lowest BCUT2D eigenvalue weighted by Crippen LogP contribution is -2.51. The Balaban J connectivity index is 1.56. The fourth-order valence-electron chi connectivity index (χ4n) is 4.68. The van der Waals surface area contributed by atoms with Crippen LogP contribution in [0.1, 0.15) is 33.9 Å². The summed E-state index contributed by atoms with van der Waals surface area (Å²) in [6.45, 7) is 3.82. The van der Waals surface area contributed by atoms with E-state index in [1.807, 2.05) is 68.4 Å². The minimum atomic E-state index is -0.878. The van der Waals surface area contributed by atoms with Crippen molar-refractivity contribution in [2.45, 2.75) is 32.2 Å². The summed E-state index contributed by atoms with van der Waals surface area (Å²) in [7, 11) is 0. The summed E-state index contributed by atoms with van der Waals surface area (Å²) in [6.07, 6.45) is 0.154. The first-order valence-electron chi connectivity index (χ1n) is 11.5. The average molecular weight is 469 g/mol. The van der Waals surface area contributed by atoms with E-state index in [4.69, 9.17) is 5.10 Å². The lowest BCUT2D eigenvalue weighted by Gasteiger charge is -2.33. The number of aromatic nitrogens is 2. The molecule has 0 fully saturated rings. The van der Waals surface area contributed by atoms with Crippen LogP contribution in [0.3, 0.4) is 0 Å². The Labute approximate surface area is 202 Å². The second-order valence-electron chi connectivity index (χ2n) is 8.76. The number of nitrogens with one attached hydrogen (secondary N) is 2. The zero-order chi connectivity index (χ0) is 24.5. The summed E-state index contributed by atoms with van der Waals surface area (Å²) in [5.41, 5.74) is 4.94. The second-order valence-corrected chi connectivity index (χ2v) is 8.76. The quantitative estimate of drug-likeness (QED) is 0.455. The lowest BCUT2D eigenvalue weighted by atomic mass is 9.82. The van der Waals surface area contributed by atoms with Crippen LogP contribution in [0.15, 0.2) is 78.9 Å². The van der Waals surface area contributed by atoms with Crippen molar-refractivity contribution >= 4 is 17.6 Å². The first-order chi connectivity index (χ1) is 16.9. The largest absolute Gasteiger partial charge is 0.343 e. The standard InChI is InChI=1S/C28H25FN4O2/c1-17-8-6-7-9-20(17)16-23(34)30-26-25(19-12-14-21(29)15-13-19)24-18(2)32-33(27(24)31-28(26)35)22-10-4-3-5-11-22/h3-15,25-26H,16H2,1-2H3,(H,30,34)(H,31,35)/t25-,26+/m0/s1. The molecule has 0 radical (unpaired) electrons. The van der Waals surface area contributed by atoms with Crippen LogP contribution in [0.25, 0.3) is 5.69 Å². The molecule has 0 unspecified atom stereocenters. The molecule has 2 amide bonds. The van der Waals surface area contributed by atoms with Crippen LogP contribution < -0.4 is 10.6 Å². The zero-order valence-corrected chi connectivity index (χ0v) is 19.5. The Hall–Kier alpha value is -4.26. The summed E-state index contributed by atoms with van der Waals surface area (Å²) in [5, 5.41) is 10.6. The SMILES string of the molecule is Cc1ccccc1CC(=O)N[C@H]1C(=O)Nc2c(c(C)nn2-c2ccccc2)[C@@H]1c1ccc(F)cc1. The molecule has 1 aliphatic heterocycles. The van der Waals surface area contributed by atoms with Crippen molar-refractivity contribution in [3.63, 3.8) is 0 Å². The van der Waals surface area contributed by atoms with E-state index in [1.165, 1.54) is 12.1 Å². The molecule has 7 heteroatoms. The molecule has 0 bridgehead atoms. The number of aryl methyl sites for hydroxylation is 2. The predicted octanol–water partition coefficient (Wildman–Crippen LogP) is 4.44. The minimum absolute atomic E-state index is 0.154. The highest BCUT2D eigenvalue weighted by Gasteiger charge is 2.41. The van der Waals surface area contributed by atoms with E-state index >= 15 is 0 Å². The van der Waals surface area contributed by atoms with Gasteiger partial charge in [-0.25, -0.2) is 9.07 Å². The van der Waals surface area contributed by atoms with Crippen LogP contribution in [-0.2, 0) is 16.0 Å². The van der Waals surface area contributed by atoms with Gasteiger partial charge in [0.1, 0.15) is 17.7 Å². The molecule has 2 heterocycles. The number of anilines is 1. The van der Waals surface area contributed by atoms with E-state index in [-0.39, 0.29) is 24.1 Å². The molecular formula is C28H25FN4O2. The summed E-state index contributed by atoms with van der Waals surface area (Å²) in [6, 6.07) is 22.3. The Kier molecular flexibility index (Phi) is 5.91. The van der Waals surface area contributed by atoms with E-state index < -0.39 is 12.0 Å². The first kappa shape index (κ1) is 22.5. The third-order valence-electron chi connectivity index (χ3n) is 6.43. The normalized spacial score (nSPS) is 16.9. The summed E-state index contributed by atoms with van der Waals surface area (Å²) in [4.78, 5) is 26.5. The third kappa shape index (κ3) is 4.33. The van der Waals surface area contributed by atoms with E-state index in [9.17, 15) is 14.0 Å². The summed E-state index contributed by atoms with van der Waals surface area (Å²) < 4.78 is 15.5. The average Bonchev–Trinajstić information content (AvgIpc) is 3.18. The zero-order valence-electron chi connectivity index (χ0n) is 19.5. The third-order valence-corrected chi connectivity index (χ3v) is 6.43. The number of benzene rings is 3. The summed E-state index contributed by atoms with van der Waals surface area (Å²) >= 11 is 0. The van der Waals surface area contributed by atoms with Gasteiger partial charge in [0.15, 0.2) is 0 Å². The topological polar surface area (TPSA) is 76.0 Å². The number of halogens is 1. The van der Waals surface area contributed by atoms with Gasteiger partial charge in [-0.3, -0.25) is 9.59 Å². The highest BCUT2D eigenvalue weighted by molar-refractivity contribution is 6.01. The van der Waals surface area contributed by atoms with Gasteiger partial charge < -0.3 is 10.6 Å².